The number of halogens is 1. The first-order valence-electron chi connectivity index (χ1n) is 4.30. The van der Waals surface area contributed by atoms with Crippen LogP contribution in [0, 0.1) is 0 Å². The molecule has 0 bridgehead atoms. The minimum atomic E-state index is -0.262. The molecular weight excluding hydrogens is 204 g/mol. The number of carbonyl (C=O) groups excluding carboxylic acids is 1. The second-order valence-corrected chi connectivity index (χ2v) is 3.02. The van der Waals surface area contributed by atoms with E-state index in [-0.39, 0.29) is 6.03 Å². The number of urea groups is 1. The fourth-order valence-electron chi connectivity index (χ4n) is 0.991. The van der Waals surface area contributed by atoms with E-state index in [1.54, 1.807) is 17.8 Å². The highest BCUT2D eigenvalue weighted by molar-refractivity contribution is 6.16. The molecule has 5 nitrogen and oxygen atoms in total. The predicted octanol–water partition coefficient (Wildman–Crippen LogP) is 1.30. The number of hydrogen-bond acceptors (Lipinski definition) is 2. The average Bonchev–Trinajstić information content (AvgIpc) is 2.48. The Morgan fingerprint density at radius 1 is 1.71 bits per heavy atom. The second-order valence-electron chi connectivity index (χ2n) is 2.75. The molecule has 78 valence electrons. The van der Waals surface area contributed by atoms with E-state index in [0.29, 0.717) is 18.4 Å². The molecule has 6 heteroatoms. The van der Waals surface area contributed by atoms with E-state index in [1.807, 2.05) is 6.92 Å². The number of amides is 2. The van der Waals surface area contributed by atoms with Crippen LogP contribution in [0.5, 0.6) is 0 Å². The van der Waals surface area contributed by atoms with Crippen LogP contribution in [-0.4, -0.2) is 22.1 Å². The summed E-state index contributed by atoms with van der Waals surface area (Å²) in [4.78, 5) is 15.2. The van der Waals surface area contributed by atoms with Crippen molar-refractivity contribution in [2.75, 3.05) is 11.9 Å². The van der Waals surface area contributed by atoms with Gasteiger partial charge in [-0.2, -0.15) is 0 Å². The van der Waals surface area contributed by atoms with Gasteiger partial charge in [0.05, 0.1) is 17.8 Å². The van der Waals surface area contributed by atoms with Crippen LogP contribution in [0.15, 0.2) is 6.20 Å². The molecule has 14 heavy (non-hydrogen) atoms. The van der Waals surface area contributed by atoms with Crippen molar-refractivity contribution in [3.8, 4) is 0 Å². The summed E-state index contributed by atoms with van der Waals surface area (Å²) in [6, 6.07) is -0.262. The van der Waals surface area contributed by atoms with E-state index in [9.17, 15) is 4.79 Å². The molecule has 0 radical (unpaired) electrons. The zero-order chi connectivity index (χ0) is 10.6. The molecule has 1 heterocycles. The summed E-state index contributed by atoms with van der Waals surface area (Å²) in [7, 11) is 1.80. The number of nitrogens with one attached hydrogen (secondary N) is 2. The zero-order valence-corrected chi connectivity index (χ0v) is 8.93. The lowest BCUT2D eigenvalue weighted by Gasteiger charge is -2.06. The molecule has 0 atom stereocenters. The average molecular weight is 217 g/mol. The number of alkyl halides is 1. The van der Waals surface area contributed by atoms with Gasteiger partial charge in [-0.25, -0.2) is 9.78 Å². The first-order chi connectivity index (χ1) is 6.69. The molecule has 2 N–H and O–H groups in total. The smallest absolute Gasteiger partial charge is 0.321 e. The Morgan fingerprint density at radius 3 is 2.93 bits per heavy atom. The molecule has 2 amide bonds. The molecule has 0 aromatic carbocycles. The van der Waals surface area contributed by atoms with Crippen LogP contribution in [-0.2, 0) is 12.9 Å². The maximum absolute atomic E-state index is 11.2. The van der Waals surface area contributed by atoms with Gasteiger partial charge in [0.2, 0.25) is 5.95 Å². The van der Waals surface area contributed by atoms with Crippen molar-refractivity contribution in [3.63, 3.8) is 0 Å². The van der Waals surface area contributed by atoms with Crippen molar-refractivity contribution in [2.45, 2.75) is 12.8 Å². The Hall–Kier alpha value is -1.23. The first kappa shape index (κ1) is 10.8. The van der Waals surface area contributed by atoms with Crippen LogP contribution in [0.3, 0.4) is 0 Å². The van der Waals surface area contributed by atoms with Gasteiger partial charge in [0, 0.05) is 13.6 Å². The lowest BCUT2D eigenvalue weighted by Crippen LogP contribution is -2.29. The van der Waals surface area contributed by atoms with Crippen molar-refractivity contribution in [2.24, 2.45) is 7.05 Å². The van der Waals surface area contributed by atoms with Gasteiger partial charge in [0.25, 0.3) is 0 Å². The molecule has 0 aliphatic rings. The lowest BCUT2D eigenvalue weighted by atomic mass is 10.5. The number of anilines is 1. The Morgan fingerprint density at radius 2 is 2.43 bits per heavy atom. The number of nitrogens with zero attached hydrogens (tertiary/aromatic N) is 2. The van der Waals surface area contributed by atoms with Crippen LogP contribution < -0.4 is 10.6 Å². The number of carbonyl (C=O) groups is 1. The molecule has 0 aliphatic heterocycles. The van der Waals surface area contributed by atoms with Crippen LogP contribution in [0.2, 0.25) is 0 Å². The molecule has 0 unspecified atom stereocenters. The number of aromatic nitrogens is 2. The zero-order valence-electron chi connectivity index (χ0n) is 8.17. The molecule has 0 spiro atoms. The number of rotatable bonds is 3. The number of hydrogen-bond donors (Lipinski definition) is 2. The summed E-state index contributed by atoms with van der Waals surface area (Å²) < 4.78 is 1.74. The van der Waals surface area contributed by atoms with E-state index >= 15 is 0 Å². The van der Waals surface area contributed by atoms with Gasteiger partial charge >= 0.3 is 6.03 Å². The van der Waals surface area contributed by atoms with Gasteiger partial charge in [0.1, 0.15) is 0 Å². The van der Waals surface area contributed by atoms with E-state index in [0.717, 1.165) is 5.69 Å². The predicted molar refractivity (Wildman–Crippen MR) is 55.5 cm³/mol. The van der Waals surface area contributed by atoms with Gasteiger partial charge < -0.3 is 9.88 Å². The highest BCUT2D eigenvalue weighted by Gasteiger charge is 2.07. The first-order valence-corrected chi connectivity index (χ1v) is 4.84. The Balaban J connectivity index is 2.67. The molecular formula is C8H13ClN4O. The Kier molecular flexibility index (Phi) is 3.76. The van der Waals surface area contributed by atoms with Crippen molar-refractivity contribution in [1.82, 2.24) is 14.9 Å². The van der Waals surface area contributed by atoms with Gasteiger partial charge in [0.15, 0.2) is 0 Å². The third kappa shape index (κ3) is 2.38. The SMILES string of the molecule is CCNC(=O)Nc1ncc(CCl)n1C. The quantitative estimate of drug-likeness (QED) is 0.749. The second kappa shape index (κ2) is 4.85. The largest absolute Gasteiger partial charge is 0.338 e. The third-order valence-corrected chi connectivity index (χ3v) is 2.06. The minimum Gasteiger partial charge on any atom is -0.338 e. The molecule has 0 saturated carbocycles. The Bertz CT molecular complexity index is 323. The van der Waals surface area contributed by atoms with Crippen LogP contribution in [0.25, 0.3) is 0 Å². The van der Waals surface area contributed by atoms with Crippen molar-refractivity contribution in [1.29, 1.82) is 0 Å². The van der Waals surface area contributed by atoms with E-state index < -0.39 is 0 Å². The topological polar surface area (TPSA) is 59.0 Å². The highest BCUT2D eigenvalue weighted by atomic mass is 35.5. The summed E-state index contributed by atoms with van der Waals surface area (Å²) in [5.41, 5.74) is 0.860. The molecule has 1 rings (SSSR count). The molecule has 0 fully saturated rings. The fraction of sp³-hybridized carbons (Fsp3) is 0.500. The summed E-state index contributed by atoms with van der Waals surface area (Å²) in [6.07, 6.45) is 1.63. The van der Waals surface area contributed by atoms with Crippen LogP contribution in [0.1, 0.15) is 12.6 Å². The van der Waals surface area contributed by atoms with Gasteiger partial charge in [-0.1, -0.05) is 0 Å². The normalized spacial score (nSPS) is 9.93. The molecule has 0 saturated heterocycles. The van der Waals surface area contributed by atoms with E-state index in [4.69, 9.17) is 11.6 Å². The molecule has 1 aromatic heterocycles. The number of imidazole rings is 1. The Labute approximate surface area is 87.5 Å². The maximum atomic E-state index is 11.2. The van der Waals surface area contributed by atoms with Crippen molar-refractivity contribution >= 4 is 23.6 Å². The van der Waals surface area contributed by atoms with Gasteiger partial charge in [-0.15, -0.1) is 11.6 Å². The lowest BCUT2D eigenvalue weighted by molar-refractivity contribution is 0.252. The fourth-order valence-corrected chi connectivity index (χ4v) is 1.24. The van der Waals surface area contributed by atoms with Gasteiger partial charge in [-0.05, 0) is 6.92 Å². The highest BCUT2D eigenvalue weighted by Crippen LogP contribution is 2.09. The van der Waals surface area contributed by atoms with Crippen LogP contribution in [0.4, 0.5) is 10.7 Å². The minimum absolute atomic E-state index is 0.262. The summed E-state index contributed by atoms with van der Waals surface area (Å²) in [5, 5.41) is 5.22. The monoisotopic (exact) mass is 216 g/mol. The summed E-state index contributed by atoms with van der Waals surface area (Å²) >= 11 is 5.65. The third-order valence-electron chi connectivity index (χ3n) is 1.78. The van der Waals surface area contributed by atoms with E-state index in [1.165, 1.54) is 0 Å². The van der Waals surface area contributed by atoms with Crippen molar-refractivity contribution in [3.05, 3.63) is 11.9 Å². The standard InChI is InChI=1S/C8H13ClN4O/c1-3-10-8(14)12-7-11-5-6(4-9)13(7)2/h5H,3-4H2,1-2H3,(H2,10,11,12,14). The van der Waals surface area contributed by atoms with E-state index in [2.05, 4.69) is 15.6 Å². The summed E-state index contributed by atoms with van der Waals surface area (Å²) in [6.45, 7) is 2.43. The van der Waals surface area contributed by atoms with Crippen LogP contribution >= 0.6 is 11.6 Å². The summed E-state index contributed by atoms with van der Waals surface area (Å²) in [5.74, 6) is 0.868. The van der Waals surface area contributed by atoms with Gasteiger partial charge in [-0.3, -0.25) is 5.32 Å². The molecule has 0 aliphatic carbocycles. The van der Waals surface area contributed by atoms with Crippen molar-refractivity contribution < 1.29 is 4.79 Å². The molecule has 1 aromatic rings. The maximum Gasteiger partial charge on any atom is 0.321 e.